The molecule has 11 amide bonds. The lowest BCUT2D eigenvalue weighted by atomic mass is 9.90. The van der Waals surface area contributed by atoms with Crippen molar-refractivity contribution < 1.29 is 72.9 Å². The van der Waals surface area contributed by atoms with Crippen molar-refractivity contribution in [2.75, 3.05) is 80.5 Å². The van der Waals surface area contributed by atoms with Gasteiger partial charge >= 0.3 is 5.97 Å². The zero-order valence-electron chi connectivity index (χ0n) is 64.3. The first-order valence-electron chi connectivity index (χ1n) is 35.9. The van der Waals surface area contributed by atoms with Gasteiger partial charge in [0.05, 0.1) is 12.6 Å². The molecule has 1 saturated heterocycles. The highest BCUT2D eigenvalue weighted by Gasteiger charge is 2.46. The first kappa shape index (κ1) is 90.9. The van der Waals surface area contributed by atoms with E-state index in [9.17, 15) is 39.0 Å². The van der Waals surface area contributed by atoms with Gasteiger partial charge in [-0.1, -0.05) is 116 Å². The van der Waals surface area contributed by atoms with E-state index >= 15 is 28.8 Å². The zero-order valence-corrected chi connectivity index (χ0v) is 65.1. The first-order valence-corrected chi connectivity index (χ1v) is 37.1. The number of aliphatic hydroxyl groups is 2. The van der Waals surface area contributed by atoms with Crippen molar-refractivity contribution in [2.24, 2.45) is 41.4 Å². The fourth-order valence-corrected chi connectivity index (χ4v) is 13.6. The summed E-state index contributed by atoms with van der Waals surface area (Å²) in [7, 11) is 9.96. The number of aliphatic carboxylic acids is 1. The molecule has 8 N–H and O–H groups in total. The summed E-state index contributed by atoms with van der Waals surface area (Å²) in [6.45, 7) is 28.3. The van der Waals surface area contributed by atoms with E-state index in [1.54, 1.807) is 41.5 Å². The van der Waals surface area contributed by atoms with Gasteiger partial charge in [0.25, 0.3) is 0 Å². The van der Waals surface area contributed by atoms with Crippen LogP contribution in [0.25, 0.3) is 0 Å². The van der Waals surface area contributed by atoms with E-state index < -0.39 is 161 Å². The molecule has 0 aromatic carbocycles. The molecule has 0 aliphatic carbocycles. The summed E-state index contributed by atoms with van der Waals surface area (Å²) in [5.41, 5.74) is 0. The van der Waals surface area contributed by atoms with Gasteiger partial charge < -0.3 is 76.2 Å². The number of nitrogens with one attached hydrogen (secondary N) is 5. The Morgan fingerprint density at radius 1 is 0.465 bits per heavy atom. The Balaban J connectivity index is 4.51. The molecule has 0 bridgehead atoms. The number of nitrogens with zero attached hydrogens (tertiary/aromatic N) is 7. The molecule has 13 atom stereocenters. The third-order valence-electron chi connectivity index (χ3n) is 18.7. The van der Waals surface area contributed by atoms with Crippen LogP contribution < -0.4 is 26.6 Å². The minimum atomic E-state index is -1.68. The molecular weight excluding hydrogens is 1290 g/mol. The Morgan fingerprint density at radius 2 is 0.899 bits per heavy atom. The maximum Gasteiger partial charge on any atom is 0.317 e. The molecule has 1 heterocycles. The minimum absolute atomic E-state index is 0.0151. The quantitative estimate of drug-likeness (QED) is 0.0517. The highest BCUT2D eigenvalue weighted by molar-refractivity contribution is 7.99. The number of unbranched alkanes of at least 4 members (excludes halogenated alkanes) is 4. The number of likely N-dealkylation sites (N-methyl/N-ethyl adjacent to an activating group) is 7. The van der Waals surface area contributed by atoms with E-state index in [-0.39, 0.29) is 74.7 Å². The third-order valence-corrected chi connectivity index (χ3v) is 19.8. The monoisotopic (exact) mass is 1420 g/mol. The van der Waals surface area contributed by atoms with Crippen molar-refractivity contribution in [1.29, 1.82) is 0 Å². The van der Waals surface area contributed by atoms with E-state index in [2.05, 4.69) is 26.6 Å². The lowest BCUT2D eigenvalue weighted by Crippen LogP contribution is -2.64. The fraction of sp³-hybridized carbons (Fsp3) is 0.831. The van der Waals surface area contributed by atoms with Gasteiger partial charge in [0.1, 0.15) is 66.5 Å². The number of carboxylic acid groups (broad SMARTS) is 1. The Bertz CT molecular complexity index is 2630. The maximum atomic E-state index is 15.5. The molecule has 1 aliphatic rings. The van der Waals surface area contributed by atoms with Crippen molar-refractivity contribution in [3.05, 3.63) is 0 Å². The number of amides is 11. The molecule has 0 spiro atoms. The number of carbonyl (C=O) groups excluding carboxylic acids is 11. The van der Waals surface area contributed by atoms with Gasteiger partial charge in [0, 0.05) is 61.7 Å². The molecule has 28 heteroatoms. The van der Waals surface area contributed by atoms with Crippen LogP contribution in [0.5, 0.6) is 0 Å². The zero-order chi connectivity index (χ0) is 76.2. The first-order chi connectivity index (χ1) is 46.0. The Labute approximate surface area is 596 Å². The molecule has 0 aromatic heterocycles. The Hall–Kier alpha value is -6.13. The van der Waals surface area contributed by atoms with Crippen molar-refractivity contribution in [3.8, 4) is 0 Å². The van der Waals surface area contributed by atoms with Crippen LogP contribution in [0.3, 0.4) is 0 Å². The molecule has 0 radical (unpaired) electrons. The average molecular weight is 1420 g/mol. The molecule has 0 saturated carbocycles. The maximum absolute atomic E-state index is 15.5. The third kappa shape index (κ3) is 28.3. The van der Waals surface area contributed by atoms with Gasteiger partial charge in [-0.05, 0) is 125 Å². The van der Waals surface area contributed by atoms with Gasteiger partial charge in [-0.2, -0.15) is 11.8 Å². The van der Waals surface area contributed by atoms with Gasteiger partial charge in [0.2, 0.25) is 65.0 Å². The summed E-state index contributed by atoms with van der Waals surface area (Å²) in [5, 5.41) is 45.2. The summed E-state index contributed by atoms with van der Waals surface area (Å²) < 4.78 is 0. The van der Waals surface area contributed by atoms with E-state index in [1.807, 2.05) is 55.4 Å². The molecule has 1 rings (SSSR count). The van der Waals surface area contributed by atoms with E-state index in [4.69, 9.17) is 5.11 Å². The summed E-state index contributed by atoms with van der Waals surface area (Å²) in [6.07, 6.45) is 3.03. The fourth-order valence-electron chi connectivity index (χ4n) is 12.4. The van der Waals surface area contributed by atoms with Crippen molar-refractivity contribution >= 4 is 82.7 Å². The lowest BCUT2D eigenvalue weighted by Gasteiger charge is -2.41. The van der Waals surface area contributed by atoms with Crippen molar-refractivity contribution in [1.82, 2.24) is 60.9 Å². The number of rotatable bonds is 28. The normalized spacial score (nSPS) is 25.4. The molecule has 1 aliphatic heterocycles. The average Bonchev–Trinajstić information content (AvgIpc) is 0.807. The number of carboxylic acids is 1. The number of thioether (sulfide) groups is 1. The van der Waals surface area contributed by atoms with E-state index in [0.717, 1.165) is 11.3 Å². The highest BCUT2D eigenvalue weighted by atomic mass is 32.2. The molecule has 1 fully saturated rings. The van der Waals surface area contributed by atoms with Crippen LogP contribution in [0.2, 0.25) is 0 Å². The van der Waals surface area contributed by atoms with Crippen LogP contribution >= 0.6 is 11.8 Å². The number of hydrogen-bond donors (Lipinski definition) is 8. The standard InChI is InChI=1S/C71H130N12O15S/c1-24-50-66(93)81(21)55(40-99-34-30-29-33-84)69(96)77(17)52(36-42(4)5)63(90)76-57(45(10)11)70(97)78(18)51(35-41(2)3)62(89)73-48(15)61(88)74-49(16)65(92)79(19)53(37-43(6)7)67(94)80(20)54(38-44(8)9)68(95)82(22)58(46(12)13)71(98)83(23)59(64(91)75-50)60(87)47(14)31-27-25-26-28-32-72-39-56(85)86/h41-55,57-60,72,84,87H,24-40H2,1-23H3,(H,73,89)(H,74,88)(H,75,91)(H,76,90)(H,85,86)/t47-,48+,49-,50+,51+,52+,53+,54+,55-,57+,58+,59+,60-/m1/s1. The van der Waals surface area contributed by atoms with Gasteiger partial charge in [-0.15, -0.1) is 0 Å². The lowest BCUT2D eigenvalue weighted by molar-refractivity contribution is -0.157. The number of hydrogen-bond acceptors (Lipinski definition) is 16. The summed E-state index contributed by atoms with van der Waals surface area (Å²) in [6, 6.07) is -14.1. The molecular formula is C71H130N12O15S. The van der Waals surface area contributed by atoms with E-state index in [0.29, 0.717) is 50.8 Å². The minimum Gasteiger partial charge on any atom is -0.480 e. The predicted molar refractivity (Wildman–Crippen MR) is 385 cm³/mol. The number of carbonyl (C=O) groups is 12. The van der Waals surface area contributed by atoms with Crippen molar-refractivity contribution in [2.45, 2.75) is 260 Å². The molecule has 99 heavy (non-hydrogen) atoms. The topological polar surface area (TPSA) is 348 Å². The van der Waals surface area contributed by atoms with Crippen molar-refractivity contribution in [3.63, 3.8) is 0 Å². The van der Waals surface area contributed by atoms with Gasteiger partial charge in [-0.25, -0.2) is 0 Å². The van der Waals surface area contributed by atoms with Crippen LogP contribution in [0, 0.1) is 41.4 Å². The largest absolute Gasteiger partial charge is 0.480 e. The van der Waals surface area contributed by atoms with Gasteiger partial charge in [-0.3, -0.25) is 57.5 Å². The van der Waals surface area contributed by atoms with Crippen LogP contribution in [0.4, 0.5) is 0 Å². The van der Waals surface area contributed by atoms with Crippen LogP contribution in [-0.4, -0.2) is 274 Å². The Morgan fingerprint density at radius 3 is 1.38 bits per heavy atom. The van der Waals surface area contributed by atoms with Crippen LogP contribution in [0.1, 0.15) is 188 Å². The molecule has 570 valence electrons. The smallest absolute Gasteiger partial charge is 0.317 e. The second kappa shape index (κ2) is 44.3. The van der Waals surface area contributed by atoms with Crippen LogP contribution in [-0.2, 0) is 57.5 Å². The van der Waals surface area contributed by atoms with Crippen LogP contribution in [0.15, 0.2) is 0 Å². The second-order valence-electron chi connectivity index (χ2n) is 29.8. The predicted octanol–water partition coefficient (Wildman–Crippen LogP) is 3.80. The molecule has 0 aromatic rings. The SMILES string of the molecule is CC[C@@H]1NC(=O)[C@H]([C@H](O)[C@H](C)CCCCCCNCC(=O)O)N(C)C(=O)[C@H](C(C)C)N(C)C(=O)[C@H](CC(C)C)N(C)C(=O)[C@H](CC(C)C)N(C)C(=O)[C@@H](C)NC(=O)[C@H](C)NC(=O)[C@H](CC(C)C)N(C)C(=O)[C@H](C(C)C)NC(=O)[C@H](CC(C)C)N(C)C(=O)[C@@H](CSCCCCO)N(C)C1=O. The van der Waals surface area contributed by atoms with Gasteiger partial charge in [0.15, 0.2) is 0 Å². The second-order valence-corrected chi connectivity index (χ2v) is 30.9. The van der Waals surface area contributed by atoms with E-state index in [1.165, 1.54) is 104 Å². The summed E-state index contributed by atoms with van der Waals surface area (Å²) in [5.74, 6) is -10.7. The molecule has 27 nitrogen and oxygen atoms in total. The Kier molecular flexibility index (Phi) is 40.7. The summed E-state index contributed by atoms with van der Waals surface area (Å²) in [4.78, 5) is 184. The summed E-state index contributed by atoms with van der Waals surface area (Å²) >= 11 is 1.34. The number of aliphatic hydroxyl groups excluding tert-OH is 2. The highest BCUT2D eigenvalue weighted by Crippen LogP contribution is 2.27. The molecule has 0 unspecified atom stereocenters.